The molecule has 170 valence electrons. The maximum Gasteiger partial charge on any atom is 0.181 e. The smallest absolute Gasteiger partial charge is 0.181 e. The highest BCUT2D eigenvalue weighted by Gasteiger charge is 2.26. The summed E-state index contributed by atoms with van der Waals surface area (Å²) in [6, 6.07) is 9.10. The van der Waals surface area contributed by atoms with E-state index in [1.165, 1.54) is 24.9 Å². The Labute approximate surface area is 190 Å². The lowest BCUT2D eigenvalue weighted by Crippen LogP contribution is -2.29. The highest BCUT2D eigenvalue weighted by atomic mass is 16.5. The van der Waals surface area contributed by atoms with Gasteiger partial charge in [-0.3, -0.25) is 4.68 Å². The van der Waals surface area contributed by atoms with Crippen LogP contribution in [0.3, 0.4) is 0 Å². The molecule has 2 aromatic heterocycles. The van der Waals surface area contributed by atoms with E-state index in [1.807, 2.05) is 17.9 Å². The fraction of sp³-hybridized carbons (Fsp3) is 0.560. The number of aryl methyl sites for hydroxylation is 1. The molecule has 0 saturated carbocycles. The molecule has 5 rings (SSSR count). The SMILES string of the molecule is CC(C1CCOCC1)n1nc(-c2ccc(N3CCCCC3)cc2)nc1Cc1cnn(C)c1. The number of piperidine rings is 1. The van der Waals surface area contributed by atoms with E-state index in [-0.39, 0.29) is 0 Å². The Morgan fingerprint density at radius 3 is 2.50 bits per heavy atom. The van der Waals surface area contributed by atoms with Gasteiger partial charge in [-0.1, -0.05) is 0 Å². The van der Waals surface area contributed by atoms with Crippen molar-refractivity contribution in [3.8, 4) is 11.4 Å². The molecule has 2 fully saturated rings. The Hall–Kier alpha value is -2.67. The average Bonchev–Trinajstić information content (AvgIpc) is 3.46. The van der Waals surface area contributed by atoms with Crippen molar-refractivity contribution in [2.75, 3.05) is 31.2 Å². The first-order valence-corrected chi connectivity index (χ1v) is 12.0. The van der Waals surface area contributed by atoms with Crippen LogP contribution in [-0.2, 0) is 18.2 Å². The molecule has 1 atom stereocenters. The molecular weight excluding hydrogens is 400 g/mol. The lowest BCUT2D eigenvalue weighted by atomic mass is 9.93. The van der Waals surface area contributed by atoms with Gasteiger partial charge in [0.05, 0.1) is 12.2 Å². The van der Waals surface area contributed by atoms with Gasteiger partial charge in [-0.15, -0.1) is 0 Å². The third kappa shape index (κ3) is 4.58. The van der Waals surface area contributed by atoms with Gasteiger partial charge >= 0.3 is 0 Å². The molecule has 7 heteroatoms. The molecular formula is C25H34N6O. The maximum absolute atomic E-state index is 5.59. The van der Waals surface area contributed by atoms with Crippen LogP contribution in [0.4, 0.5) is 5.69 Å². The molecule has 1 aromatic carbocycles. The van der Waals surface area contributed by atoms with Crippen molar-refractivity contribution in [1.82, 2.24) is 24.5 Å². The highest BCUT2D eigenvalue weighted by Crippen LogP contribution is 2.30. The summed E-state index contributed by atoms with van der Waals surface area (Å²) in [7, 11) is 1.95. The monoisotopic (exact) mass is 434 g/mol. The highest BCUT2D eigenvalue weighted by molar-refractivity contribution is 5.60. The molecule has 32 heavy (non-hydrogen) atoms. The Morgan fingerprint density at radius 1 is 1.06 bits per heavy atom. The van der Waals surface area contributed by atoms with Crippen molar-refractivity contribution in [2.24, 2.45) is 13.0 Å². The Kier molecular flexibility index (Phi) is 6.26. The molecule has 0 radical (unpaired) electrons. The second kappa shape index (κ2) is 9.45. The summed E-state index contributed by atoms with van der Waals surface area (Å²) < 4.78 is 9.60. The van der Waals surface area contributed by atoms with E-state index in [1.54, 1.807) is 0 Å². The maximum atomic E-state index is 5.59. The molecule has 0 N–H and O–H groups in total. The first-order chi connectivity index (χ1) is 15.7. The van der Waals surface area contributed by atoms with Crippen LogP contribution < -0.4 is 4.90 Å². The van der Waals surface area contributed by atoms with Crippen molar-refractivity contribution in [1.29, 1.82) is 0 Å². The van der Waals surface area contributed by atoms with Crippen LogP contribution in [0.5, 0.6) is 0 Å². The number of ether oxygens (including phenoxy) is 1. The predicted octanol–water partition coefficient (Wildman–Crippen LogP) is 4.25. The molecule has 0 bridgehead atoms. The van der Waals surface area contributed by atoms with E-state index in [0.29, 0.717) is 12.0 Å². The van der Waals surface area contributed by atoms with Gasteiger partial charge in [0, 0.05) is 57.2 Å². The molecule has 2 saturated heterocycles. The van der Waals surface area contributed by atoms with E-state index in [0.717, 1.165) is 68.3 Å². The summed E-state index contributed by atoms with van der Waals surface area (Å²) in [6.07, 6.45) is 10.8. The van der Waals surface area contributed by atoms with Crippen molar-refractivity contribution < 1.29 is 4.74 Å². The minimum atomic E-state index is 0.291. The Bertz CT molecular complexity index is 1010. The molecule has 0 amide bonds. The van der Waals surface area contributed by atoms with E-state index >= 15 is 0 Å². The fourth-order valence-electron chi connectivity index (χ4n) is 5.04. The third-order valence-corrected chi connectivity index (χ3v) is 7.00. The second-order valence-electron chi connectivity index (χ2n) is 9.28. The first kappa shape index (κ1) is 21.2. The fourth-order valence-corrected chi connectivity index (χ4v) is 5.04. The van der Waals surface area contributed by atoms with E-state index < -0.39 is 0 Å². The summed E-state index contributed by atoms with van der Waals surface area (Å²) in [5, 5.41) is 9.36. The number of rotatable bonds is 6. The van der Waals surface area contributed by atoms with Crippen LogP contribution in [0, 0.1) is 5.92 Å². The van der Waals surface area contributed by atoms with E-state index in [9.17, 15) is 0 Å². The van der Waals surface area contributed by atoms with Crippen molar-refractivity contribution in [2.45, 2.75) is 51.5 Å². The zero-order valence-corrected chi connectivity index (χ0v) is 19.3. The Morgan fingerprint density at radius 2 is 1.81 bits per heavy atom. The molecule has 4 heterocycles. The van der Waals surface area contributed by atoms with Crippen molar-refractivity contribution in [3.63, 3.8) is 0 Å². The van der Waals surface area contributed by atoms with Crippen LogP contribution in [-0.4, -0.2) is 50.8 Å². The van der Waals surface area contributed by atoms with Gasteiger partial charge in [-0.2, -0.15) is 10.2 Å². The second-order valence-corrected chi connectivity index (χ2v) is 9.28. The van der Waals surface area contributed by atoms with Crippen LogP contribution in [0.15, 0.2) is 36.7 Å². The van der Waals surface area contributed by atoms with Gasteiger partial charge in [-0.25, -0.2) is 9.67 Å². The standard InChI is InChI=1S/C25H34N6O/c1-19(21-10-14-32-15-11-21)31-24(16-20-17-26-29(2)18-20)27-25(28-31)22-6-8-23(9-7-22)30-12-4-3-5-13-30/h6-9,17-19,21H,3-5,10-16H2,1-2H3. The minimum absolute atomic E-state index is 0.291. The average molecular weight is 435 g/mol. The molecule has 7 nitrogen and oxygen atoms in total. The Balaban J connectivity index is 1.42. The molecule has 0 aliphatic carbocycles. The third-order valence-electron chi connectivity index (χ3n) is 7.00. The molecule has 1 unspecified atom stereocenters. The number of benzene rings is 1. The minimum Gasteiger partial charge on any atom is -0.381 e. The van der Waals surface area contributed by atoms with Gasteiger partial charge in [0.25, 0.3) is 0 Å². The van der Waals surface area contributed by atoms with Crippen LogP contribution in [0.1, 0.15) is 56.5 Å². The van der Waals surface area contributed by atoms with Crippen LogP contribution >= 0.6 is 0 Å². The van der Waals surface area contributed by atoms with Gasteiger partial charge in [-0.05, 0) is 74.8 Å². The van der Waals surface area contributed by atoms with Crippen LogP contribution in [0.2, 0.25) is 0 Å². The molecule has 2 aliphatic rings. The van der Waals surface area contributed by atoms with Gasteiger partial charge in [0.1, 0.15) is 5.82 Å². The zero-order valence-electron chi connectivity index (χ0n) is 19.3. The number of hydrogen-bond acceptors (Lipinski definition) is 5. The summed E-state index contributed by atoms with van der Waals surface area (Å²) in [6.45, 7) is 6.27. The summed E-state index contributed by atoms with van der Waals surface area (Å²) in [5.41, 5.74) is 3.54. The summed E-state index contributed by atoms with van der Waals surface area (Å²) >= 11 is 0. The summed E-state index contributed by atoms with van der Waals surface area (Å²) in [5.74, 6) is 2.38. The predicted molar refractivity (Wildman–Crippen MR) is 126 cm³/mol. The number of anilines is 1. The van der Waals surface area contributed by atoms with E-state index in [4.69, 9.17) is 14.8 Å². The molecule has 0 spiro atoms. The van der Waals surface area contributed by atoms with Gasteiger partial charge in [0.2, 0.25) is 0 Å². The topological polar surface area (TPSA) is 61.0 Å². The quantitative estimate of drug-likeness (QED) is 0.581. The molecule has 3 aromatic rings. The first-order valence-electron chi connectivity index (χ1n) is 12.0. The number of aromatic nitrogens is 5. The van der Waals surface area contributed by atoms with Crippen molar-refractivity contribution >= 4 is 5.69 Å². The van der Waals surface area contributed by atoms with Gasteiger partial charge < -0.3 is 9.64 Å². The molecule has 2 aliphatic heterocycles. The van der Waals surface area contributed by atoms with Gasteiger partial charge in [0.15, 0.2) is 5.82 Å². The van der Waals surface area contributed by atoms with E-state index in [2.05, 4.69) is 52.1 Å². The van der Waals surface area contributed by atoms with Crippen LogP contribution in [0.25, 0.3) is 11.4 Å². The number of nitrogens with zero attached hydrogens (tertiary/aromatic N) is 6. The normalized spacial score (nSPS) is 18.8. The van der Waals surface area contributed by atoms with Crippen molar-refractivity contribution in [3.05, 3.63) is 48.0 Å². The lowest BCUT2D eigenvalue weighted by Gasteiger charge is -2.28. The number of hydrogen-bond donors (Lipinski definition) is 0. The largest absolute Gasteiger partial charge is 0.381 e. The summed E-state index contributed by atoms with van der Waals surface area (Å²) in [4.78, 5) is 7.50. The lowest BCUT2D eigenvalue weighted by molar-refractivity contribution is 0.0491. The zero-order chi connectivity index (χ0) is 21.9.